The van der Waals surface area contributed by atoms with Gasteiger partial charge in [-0.25, -0.2) is 0 Å². The molecule has 1 aliphatic heterocycles. The Bertz CT molecular complexity index is 475. The fraction of sp³-hybridized carbons (Fsp3) is 0.917. The molecule has 6 heteroatoms. The number of hydrogen-bond donors (Lipinski definition) is 0. The number of unbranched alkanes of at least 4 members (excludes halogenated alkanes) is 7. The summed E-state index contributed by atoms with van der Waals surface area (Å²) in [6.45, 7) is 9.37. The van der Waals surface area contributed by atoms with E-state index in [2.05, 4.69) is 6.92 Å². The monoisotopic (exact) mass is 428 g/mol. The van der Waals surface area contributed by atoms with E-state index in [0.29, 0.717) is 45.5 Å². The first kappa shape index (κ1) is 27.1. The Kier molecular flexibility index (Phi) is 13.5. The highest BCUT2D eigenvalue weighted by atomic mass is 16.9. The molecule has 30 heavy (non-hydrogen) atoms. The Balaban J connectivity index is 2.57. The average molecular weight is 429 g/mol. The van der Waals surface area contributed by atoms with Crippen molar-refractivity contribution in [3.8, 4) is 0 Å². The summed E-state index contributed by atoms with van der Waals surface area (Å²) in [6, 6.07) is 0. The van der Waals surface area contributed by atoms with Crippen molar-refractivity contribution in [1.82, 2.24) is 0 Å². The summed E-state index contributed by atoms with van der Waals surface area (Å²) in [7, 11) is 0. The van der Waals surface area contributed by atoms with Gasteiger partial charge in [0.25, 0.3) is 5.97 Å². The summed E-state index contributed by atoms with van der Waals surface area (Å²) in [6.07, 6.45) is 12.3. The molecule has 1 aliphatic rings. The lowest BCUT2D eigenvalue weighted by Crippen LogP contribution is -2.40. The smallest absolute Gasteiger partial charge is 0.320 e. The zero-order chi connectivity index (χ0) is 22.3. The molecule has 0 saturated carbocycles. The lowest BCUT2D eigenvalue weighted by Gasteiger charge is -2.33. The Hall–Kier alpha value is -0.980. The van der Waals surface area contributed by atoms with Gasteiger partial charge in [-0.15, -0.1) is 0 Å². The van der Waals surface area contributed by atoms with Gasteiger partial charge in [0.05, 0.1) is 11.8 Å². The van der Waals surface area contributed by atoms with Crippen molar-refractivity contribution in [3.05, 3.63) is 0 Å². The fourth-order valence-electron chi connectivity index (χ4n) is 4.34. The molecule has 0 amide bonds. The topological polar surface area (TPSA) is 71.1 Å². The predicted octanol–water partition coefficient (Wildman–Crippen LogP) is 5.91. The molecule has 1 atom stereocenters. The lowest BCUT2D eigenvalue weighted by atomic mass is 9.76. The first-order valence-corrected chi connectivity index (χ1v) is 12.1. The summed E-state index contributed by atoms with van der Waals surface area (Å²) in [5.74, 6) is -1.83. The Morgan fingerprint density at radius 1 is 0.767 bits per heavy atom. The summed E-state index contributed by atoms with van der Waals surface area (Å²) in [5, 5.41) is 0. The third-order valence-electron chi connectivity index (χ3n) is 5.86. The van der Waals surface area contributed by atoms with Crippen LogP contribution in [-0.4, -0.2) is 37.7 Å². The molecule has 0 N–H and O–H groups in total. The van der Waals surface area contributed by atoms with Gasteiger partial charge in [0.1, 0.15) is 0 Å². The molecule has 0 spiro atoms. The van der Waals surface area contributed by atoms with Gasteiger partial charge in [-0.1, -0.05) is 58.3 Å². The summed E-state index contributed by atoms with van der Waals surface area (Å²) >= 11 is 0. The normalized spacial score (nSPS) is 19.5. The Labute approximate surface area is 183 Å². The van der Waals surface area contributed by atoms with Crippen LogP contribution in [0.2, 0.25) is 0 Å². The third kappa shape index (κ3) is 9.03. The molecule has 0 aromatic carbocycles. The maximum Gasteiger partial charge on any atom is 0.320 e. The maximum absolute atomic E-state index is 12.5. The highest BCUT2D eigenvalue weighted by Crippen LogP contribution is 2.42. The molecule has 0 aromatic heterocycles. The van der Waals surface area contributed by atoms with Gasteiger partial charge >= 0.3 is 11.9 Å². The van der Waals surface area contributed by atoms with E-state index in [1.807, 2.05) is 20.8 Å². The second-order valence-corrected chi connectivity index (χ2v) is 8.28. The zero-order valence-corrected chi connectivity index (χ0v) is 19.8. The van der Waals surface area contributed by atoms with E-state index in [1.54, 1.807) is 0 Å². The standard InChI is InChI=1S/C24H44O6/c1-5-9-10-11-12-13-14-15-17-23(20-21(25)30-22(23)26)18-16-19-24(27-6-2,28-7-3)29-8-4/h5-20H2,1-4H3. The van der Waals surface area contributed by atoms with Crippen LogP contribution in [0.3, 0.4) is 0 Å². The van der Waals surface area contributed by atoms with Crippen molar-refractivity contribution >= 4 is 11.9 Å². The van der Waals surface area contributed by atoms with E-state index < -0.39 is 17.4 Å². The fourth-order valence-corrected chi connectivity index (χ4v) is 4.34. The minimum absolute atomic E-state index is 0.188. The van der Waals surface area contributed by atoms with E-state index in [4.69, 9.17) is 18.9 Å². The number of carbonyl (C=O) groups is 2. The molecular weight excluding hydrogens is 384 g/mol. The van der Waals surface area contributed by atoms with E-state index in [-0.39, 0.29) is 12.4 Å². The van der Waals surface area contributed by atoms with Crippen molar-refractivity contribution in [2.75, 3.05) is 19.8 Å². The molecular formula is C24H44O6. The van der Waals surface area contributed by atoms with Crippen LogP contribution in [0.4, 0.5) is 0 Å². The van der Waals surface area contributed by atoms with Gasteiger partial charge in [0.2, 0.25) is 0 Å². The minimum Gasteiger partial charge on any atom is -0.393 e. The summed E-state index contributed by atoms with van der Waals surface area (Å²) in [5.41, 5.74) is -0.699. The summed E-state index contributed by atoms with van der Waals surface area (Å²) in [4.78, 5) is 24.4. The Morgan fingerprint density at radius 2 is 1.27 bits per heavy atom. The zero-order valence-electron chi connectivity index (χ0n) is 19.8. The molecule has 6 nitrogen and oxygen atoms in total. The number of cyclic esters (lactones) is 2. The van der Waals surface area contributed by atoms with Gasteiger partial charge in [0, 0.05) is 26.2 Å². The van der Waals surface area contributed by atoms with E-state index in [0.717, 1.165) is 12.8 Å². The molecule has 1 saturated heterocycles. The van der Waals surface area contributed by atoms with Crippen LogP contribution in [0.1, 0.15) is 111 Å². The van der Waals surface area contributed by atoms with Crippen LogP contribution in [0, 0.1) is 5.41 Å². The summed E-state index contributed by atoms with van der Waals surface area (Å²) < 4.78 is 22.3. The number of rotatable bonds is 19. The van der Waals surface area contributed by atoms with Gasteiger partial charge < -0.3 is 18.9 Å². The number of carbonyl (C=O) groups excluding carboxylic acids is 2. The molecule has 0 aliphatic carbocycles. The van der Waals surface area contributed by atoms with Gasteiger partial charge in [-0.3, -0.25) is 9.59 Å². The van der Waals surface area contributed by atoms with Crippen molar-refractivity contribution in [2.45, 2.75) is 117 Å². The van der Waals surface area contributed by atoms with E-state index in [1.165, 1.54) is 38.5 Å². The molecule has 0 bridgehead atoms. The van der Waals surface area contributed by atoms with Crippen LogP contribution >= 0.6 is 0 Å². The first-order chi connectivity index (χ1) is 14.5. The van der Waals surface area contributed by atoms with Crippen LogP contribution < -0.4 is 0 Å². The van der Waals surface area contributed by atoms with Crippen molar-refractivity contribution < 1.29 is 28.5 Å². The molecule has 0 radical (unpaired) electrons. The predicted molar refractivity (Wildman–Crippen MR) is 117 cm³/mol. The molecule has 1 heterocycles. The third-order valence-corrected chi connectivity index (χ3v) is 5.86. The SMILES string of the molecule is CCCCCCCCCCC1(CCCC(OCC)(OCC)OCC)CC(=O)OC1=O. The Morgan fingerprint density at radius 3 is 1.73 bits per heavy atom. The maximum atomic E-state index is 12.5. The molecule has 176 valence electrons. The highest BCUT2D eigenvalue weighted by Gasteiger charge is 2.48. The van der Waals surface area contributed by atoms with Crippen LogP contribution in [0.25, 0.3) is 0 Å². The number of esters is 2. The lowest BCUT2D eigenvalue weighted by molar-refractivity contribution is -0.380. The first-order valence-electron chi connectivity index (χ1n) is 12.1. The van der Waals surface area contributed by atoms with Crippen molar-refractivity contribution in [3.63, 3.8) is 0 Å². The van der Waals surface area contributed by atoms with E-state index >= 15 is 0 Å². The quantitative estimate of drug-likeness (QED) is 0.110. The molecule has 1 fully saturated rings. The highest BCUT2D eigenvalue weighted by molar-refractivity contribution is 5.97. The largest absolute Gasteiger partial charge is 0.393 e. The van der Waals surface area contributed by atoms with Crippen LogP contribution in [0.15, 0.2) is 0 Å². The van der Waals surface area contributed by atoms with Crippen LogP contribution in [0.5, 0.6) is 0 Å². The van der Waals surface area contributed by atoms with Crippen LogP contribution in [-0.2, 0) is 28.5 Å². The van der Waals surface area contributed by atoms with E-state index in [9.17, 15) is 9.59 Å². The molecule has 1 rings (SSSR count). The van der Waals surface area contributed by atoms with Gasteiger partial charge in [-0.2, -0.15) is 0 Å². The van der Waals surface area contributed by atoms with Gasteiger partial charge in [0.15, 0.2) is 0 Å². The van der Waals surface area contributed by atoms with Crippen molar-refractivity contribution in [2.24, 2.45) is 5.41 Å². The second kappa shape index (κ2) is 14.9. The molecule has 1 unspecified atom stereocenters. The number of ether oxygens (including phenoxy) is 4. The average Bonchev–Trinajstić information content (AvgIpc) is 2.98. The van der Waals surface area contributed by atoms with Gasteiger partial charge in [-0.05, 0) is 40.0 Å². The number of hydrogen-bond acceptors (Lipinski definition) is 6. The minimum atomic E-state index is -1.08. The second-order valence-electron chi connectivity index (χ2n) is 8.28. The molecule has 0 aromatic rings. The van der Waals surface area contributed by atoms with Crippen molar-refractivity contribution in [1.29, 1.82) is 0 Å².